The molecule has 3 rings (SSSR count). The second-order valence-corrected chi connectivity index (χ2v) is 4.77. The van der Waals surface area contributed by atoms with Crippen molar-refractivity contribution in [3.05, 3.63) is 29.6 Å². The number of rotatable bonds is 2. The predicted octanol–water partition coefficient (Wildman–Crippen LogP) is 1.86. The number of allylic oxidation sites excluding steroid dienone is 1. The summed E-state index contributed by atoms with van der Waals surface area (Å²) in [6.45, 7) is 3.43. The van der Waals surface area contributed by atoms with E-state index in [0.717, 1.165) is 0 Å². The molecular formula is C16H11NO5. The van der Waals surface area contributed by atoms with Crippen molar-refractivity contribution in [3.63, 3.8) is 0 Å². The molecule has 6 nitrogen and oxygen atoms in total. The first-order chi connectivity index (χ1) is 10.6. The molecule has 0 fully saturated rings. The number of hydrogen-bond acceptors (Lipinski definition) is 6. The Morgan fingerprint density at radius 2 is 1.95 bits per heavy atom. The molecule has 2 heterocycles. The van der Waals surface area contributed by atoms with E-state index in [4.69, 9.17) is 9.47 Å². The Morgan fingerprint density at radius 3 is 2.64 bits per heavy atom. The molecule has 22 heavy (non-hydrogen) atoms. The van der Waals surface area contributed by atoms with Gasteiger partial charge in [0.05, 0.1) is 11.0 Å². The second kappa shape index (κ2) is 5.09. The molecule has 0 unspecified atom stereocenters. The van der Waals surface area contributed by atoms with Gasteiger partial charge in [-0.2, -0.15) is 0 Å². The number of esters is 2. The molecule has 0 N–H and O–H groups in total. The summed E-state index contributed by atoms with van der Waals surface area (Å²) in [6, 6.07) is 5.06. The number of carbonyl (C=O) groups is 2. The molecule has 0 bridgehead atoms. The van der Waals surface area contributed by atoms with Gasteiger partial charge in [-0.3, -0.25) is 0 Å². The van der Waals surface area contributed by atoms with Crippen LogP contribution in [0.4, 0.5) is 0 Å². The Balaban J connectivity index is 2.50. The van der Waals surface area contributed by atoms with E-state index in [1.165, 1.54) is 6.92 Å². The lowest BCUT2D eigenvalue weighted by Crippen LogP contribution is -2.23. The molecule has 0 saturated carbocycles. The summed E-state index contributed by atoms with van der Waals surface area (Å²) in [5.41, 5.74) is 1.08. The molecule has 0 atom stereocenters. The predicted molar refractivity (Wildman–Crippen MR) is 77.2 cm³/mol. The zero-order valence-electron chi connectivity index (χ0n) is 11.9. The van der Waals surface area contributed by atoms with Gasteiger partial charge in [0, 0.05) is 11.1 Å². The Hall–Kier alpha value is -2.98. The maximum atomic E-state index is 11.7. The van der Waals surface area contributed by atoms with Gasteiger partial charge >= 0.3 is 11.9 Å². The SMILES string of the molecule is CCc1nc(C(C)=C=O)c2c3c(cccc13)OC(=O)C(=O)O2. The molecule has 2 aromatic rings. The van der Waals surface area contributed by atoms with Crippen LogP contribution in [-0.2, 0) is 20.8 Å². The van der Waals surface area contributed by atoms with Gasteiger partial charge in [0.25, 0.3) is 0 Å². The quantitative estimate of drug-likeness (QED) is 0.364. The highest BCUT2D eigenvalue weighted by atomic mass is 16.6. The molecule has 0 saturated heterocycles. The third-order valence-electron chi connectivity index (χ3n) is 3.43. The summed E-state index contributed by atoms with van der Waals surface area (Å²) >= 11 is 0. The summed E-state index contributed by atoms with van der Waals surface area (Å²) in [5, 5.41) is 1.16. The molecule has 110 valence electrons. The lowest BCUT2D eigenvalue weighted by atomic mass is 10.0. The van der Waals surface area contributed by atoms with Crippen LogP contribution in [0.3, 0.4) is 0 Å². The third kappa shape index (κ3) is 1.98. The highest BCUT2D eigenvalue weighted by molar-refractivity contribution is 6.32. The Bertz CT molecular complexity index is 878. The maximum Gasteiger partial charge on any atom is 0.423 e. The number of benzene rings is 1. The van der Waals surface area contributed by atoms with Crippen LogP contribution in [0, 0.1) is 0 Å². The number of pyridine rings is 1. The fourth-order valence-electron chi connectivity index (χ4n) is 2.40. The normalized spacial score (nSPS) is 13.2. The third-order valence-corrected chi connectivity index (χ3v) is 3.43. The molecular weight excluding hydrogens is 286 g/mol. The minimum atomic E-state index is -1.15. The zero-order chi connectivity index (χ0) is 15.9. The van der Waals surface area contributed by atoms with E-state index in [1.807, 2.05) is 6.92 Å². The monoisotopic (exact) mass is 297 g/mol. The first-order valence-electron chi connectivity index (χ1n) is 6.68. The van der Waals surface area contributed by atoms with Crippen molar-refractivity contribution in [2.45, 2.75) is 20.3 Å². The van der Waals surface area contributed by atoms with Gasteiger partial charge < -0.3 is 9.47 Å². The molecule has 0 radical (unpaired) electrons. The second-order valence-electron chi connectivity index (χ2n) is 4.77. The van der Waals surface area contributed by atoms with Crippen molar-refractivity contribution in [1.82, 2.24) is 4.98 Å². The van der Waals surface area contributed by atoms with E-state index in [0.29, 0.717) is 22.9 Å². The molecule has 0 amide bonds. The Morgan fingerprint density at radius 1 is 1.23 bits per heavy atom. The lowest BCUT2D eigenvalue weighted by molar-refractivity contribution is -0.155. The average Bonchev–Trinajstić information content (AvgIpc) is 2.65. The number of ether oxygens (including phenoxy) is 2. The first-order valence-corrected chi connectivity index (χ1v) is 6.68. The average molecular weight is 297 g/mol. The van der Waals surface area contributed by atoms with E-state index in [-0.39, 0.29) is 22.8 Å². The van der Waals surface area contributed by atoms with Crippen molar-refractivity contribution in [3.8, 4) is 11.5 Å². The van der Waals surface area contributed by atoms with Crippen LogP contribution in [-0.4, -0.2) is 22.9 Å². The van der Waals surface area contributed by atoms with Gasteiger partial charge in [-0.25, -0.2) is 19.4 Å². The van der Waals surface area contributed by atoms with E-state index in [2.05, 4.69) is 4.98 Å². The van der Waals surface area contributed by atoms with Gasteiger partial charge in [0.2, 0.25) is 0 Å². The fraction of sp³-hybridized carbons (Fsp3) is 0.188. The highest BCUT2D eigenvalue weighted by Crippen LogP contribution is 2.41. The molecule has 0 spiro atoms. The molecule has 1 aliphatic rings. The van der Waals surface area contributed by atoms with Gasteiger partial charge in [0.15, 0.2) is 5.75 Å². The molecule has 1 aromatic heterocycles. The number of nitrogens with zero attached hydrogens (tertiary/aromatic N) is 1. The molecule has 6 heteroatoms. The van der Waals surface area contributed by atoms with Crippen LogP contribution in [0.5, 0.6) is 11.5 Å². The van der Waals surface area contributed by atoms with Crippen LogP contribution >= 0.6 is 0 Å². The van der Waals surface area contributed by atoms with Gasteiger partial charge in [-0.1, -0.05) is 19.1 Å². The van der Waals surface area contributed by atoms with Crippen molar-refractivity contribution >= 4 is 34.2 Å². The van der Waals surface area contributed by atoms with Crippen LogP contribution < -0.4 is 9.47 Å². The first kappa shape index (κ1) is 14.0. The topological polar surface area (TPSA) is 82.6 Å². The van der Waals surface area contributed by atoms with Crippen LogP contribution in [0.15, 0.2) is 18.2 Å². The van der Waals surface area contributed by atoms with Crippen LogP contribution in [0.25, 0.3) is 16.3 Å². The lowest BCUT2D eigenvalue weighted by Gasteiger charge is -2.12. The van der Waals surface area contributed by atoms with E-state index >= 15 is 0 Å². The zero-order valence-corrected chi connectivity index (χ0v) is 11.9. The number of aromatic nitrogens is 1. The molecule has 1 aromatic carbocycles. The molecule has 1 aliphatic heterocycles. The minimum absolute atomic E-state index is 0.0551. The summed E-state index contributed by atoms with van der Waals surface area (Å²) in [4.78, 5) is 38.7. The van der Waals surface area contributed by atoms with Crippen molar-refractivity contribution in [1.29, 1.82) is 0 Å². The van der Waals surface area contributed by atoms with E-state index < -0.39 is 11.9 Å². The summed E-state index contributed by atoms with van der Waals surface area (Å²) < 4.78 is 10.2. The highest BCUT2D eigenvalue weighted by Gasteiger charge is 2.30. The van der Waals surface area contributed by atoms with Gasteiger partial charge in [0.1, 0.15) is 17.4 Å². The largest absolute Gasteiger partial charge is 0.423 e. The number of hydrogen-bond donors (Lipinski definition) is 0. The van der Waals surface area contributed by atoms with Crippen molar-refractivity contribution in [2.75, 3.05) is 0 Å². The number of carbonyl (C=O) groups excluding carboxylic acids is 3. The molecule has 0 aliphatic carbocycles. The van der Waals surface area contributed by atoms with Crippen LogP contribution in [0.1, 0.15) is 25.2 Å². The standard InChI is InChI=1S/C16H11NO5/c1-3-10-9-5-4-6-11-12(9)14(13(17-10)8(2)7-18)22-16(20)15(19)21-11/h4-6H,3H2,1-2H3. The van der Waals surface area contributed by atoms with Crippen LogP contribution in [0.2, 0.25) is 0 Å². The minimum Gasteiger partial charge on any atom is -0.417 e. The maximum absolute atomic E-state index is 11.7. The van der Waals surface area contributed by atoms with Gasteiger partial charge in [-0.05, 0) is 19.4 Å². The van der Waals surface area contributed by atoms with Crippen molar-refractivity contribution in [2.24, 2.45) is 0 Å². The van der Waals surface area contributed by atoms with E-state index in [9.17, 15) is 14.4 Å². The van der Waals surface area contributed by atoms with Gasteiger partial charge in [-0.15, -0.1) is 0 Å². The Labute approximate surface area is 125 Å². The summed E-state index contributed by atoms with van der Waals surface area (Å²) in [6.07, 6.45) is 0.598. The van der Waals surface area contributed by atoms with E-state index in [1.54, 1.807) is 24.1 Å². The number of aryl methyl sites for hydroxylation is 1. The smallest absolute Gasteiger partial charge is 0.417 e. The summed E-state index contributed by atoms with van der Waals surface area (Å²) in [5.74, 6) is -0.247. The van der Waals surface area contributed by atoms with Crippen molar-refractivity contribution < 1.29 is 23.9 Å². The Kier molecular flexibility index (Phi) is 3.23. The summed E-state index contributed by atoms with van der Waals surface area (Å²) in [7, 11) is 0. The fourth-order valence-corrected chi connectivity index (χ4v) is 2.40.